The van der Waals surface area contributed by atoms with Crippen molar-refractivity contribution in [3.8, 4) is 24.7 Å². The van der Waals surface area contributed by atoms with Crippen molar-refractivity contribution in [1.29, 1.82) is 0 Å². The van der Waals surface area contributed by atoms with Crippen molar-refractivity contribution < 1.29 is 48.2 Å². The number of carbonyl (C=O) groups excluding carboxylic acids is 2. The van der Waals surface area contributed by atoms with Crippen molar-refractivity contribution in [3.05, 3.63) is 46.5 Å². The Labute approximate surface area is 626 Å². The van der Waals surface area contributed by atoms with E-state index in [1.54, 1.807) is 9.13 Å². The quantitative estimate of drug-likeness (QED) is 0.0312. The molecule has 6 N–H and O–H groups in total. The number of carbonyl (C=O) groups is 2. The number of aromatic nitrogens is 8. The number of hydrogen-bond acceptors (Lipinski definition) is 18. The number of fused-ring (bicyclic) bond motifs is 12. The summed E-state index contributed by atoms with van der Waals surface area (Å²) in [7, 11) is 0. The number of allylic oxidation sites excluding steroid dienone is 2. The summed E-state index contributed by atoms with van der Waals surface area (Å²) >= 11 is 12.1. The third-order valence-corrected chi connectivity index (χ3v) is 30.4. The number of terminal acetylenes is 2. The summed E-state index contributed by atoms with van der Waals surface area (Å²) in [5.74, 6) is 16.1. The van der Waals surface area contributed by atoms with E-state index in [1.807, 2.05) is 0 Å². The molecular weight excluding hydrogens is 1360 g/mol. The van der Waals surface area contributed by atoms with Crippen LogP contribution < -0.4 is 11.5 Å². The van der Waals surface area contributed by atoms with Crippen LogP contribution in [0.4, 0.5) is 21.2 Å². The first-order valence-corrected chi connectivity index (χ1v) is 40.2. The lowest BCUT2D eigenvalue weighted by Crippen LogP contribution is -2.51. The number of rotatable bonds is 18. The van der Waals surface area contributed by atoms with Crippen LogP contribution in [0.1, 0.15) is 237 Å². The number of aliphatic hydroxyl groups excluding tert-OH is 2. The average Bonchev–Trinajstić information content (AvgIpc) is 0.862. The molecule has 104 heavy (non-hydrogen) atoms. The van der Waals surface area contributed by atoms with Crippen LogP contribution in [0.3, 0.4) is 0 Å². The van der Waals surface area contributed by atoms with Crippen LogP contribution in [-0.2, 0) is 28.4 Å². The van der Waals surface area contributed by atoms with Gasteiger partial charge in [-0.3, -0.25) is 9.13 Å². The van der Waals surface area contributed by atoms with Crippen molar-refractivity contribution in [1.82, 2.24) is 39.0 Å². The molecule has 4 aromatic rings. The van der Waals surface area contributed by atoms with E-state index >= 15 is 0 Å². The van der Waals surface area contributed by atoms with Crippen LogP contribution in [0, 0.1) is 129 Å². The van der Waals surface area contributed by atoms with E-state index in [9.17, 15) is 19.8 Å². The zero-order valence-corrected chi connectivity index (χ0v) is 65.1. The number of anilines is 2. The number of imidazole rings is 2. The van der Waals surface area contributed by atoms with Gasteiger partial charge < -0.3 is 50.1 Å². The van der Waals surface area contributed by atoms with Crippen LogP contribution in [0.25, 0.3) is 22.3 Å². The van der Waals surface area contributed by atoms with Gasteiger partial charge in [-0.25, -0.2) is 19.6 Å². The van der Waals surface area contributed by atoms with E-state index in [0.717, 1.165) is 122 Å². The monoisotopic (exact) mass is 1470 g/mol. The molecule has 568 valence electrons. The first kappa shape index (κ1) is 76.5. The SMILES string of the molecule is C#C[C@]1(CO)O[C@@H](n2cnc3c(N)nc(Cl)nc32)C[C@@H]1OC(=O)O[C@H]1CC[C@@]2(C)C(=CC[C@H]3[C@@H]4CC[C@H]([C@H](C)CC[C@@H](C)C(C)C)[C@@]4(C)CC[C@@H]32)C1.C#C[C@]1(COC(=O)O[C@H]2CC[C@@]3(C)C(=CC[C@H]4[C@@H]5CC[C@H]([C@H](C)CC[C@@H](C)C(C)C)[C@@]5(C)CC[C@@H]43)C2)O[C@@H](n2cnc3c(N)nc(Cl)nc32)C[C@@H]1O. The summed E-state index contributed by atoms with van der Waals surface area (Å²) in [4.78, 5) is 51.4. The van der Waals surface area contributed by atoms with Crippen LogP contribution in [0.15, 0.2) is 36.0 Å². The van der Waals surface area contributed by atoms with E-state index in [1.165, 1.54) is 101 Å². The van der Waals surface area contributed by atoms with Crippen molar-refractivity contribution in [2.24, 2.45) is 105 Å². The minimum absolute atomic E-state index is 0.0391. The van der Waals surface area contributed by atoms with E-state index in [-0.39, 0.29) is 64.7 Å². The fourth-order valence-electron chi connectivity index (χ4n) is 23.0. The van der Waals surface area contributed by atoms with Gasteiger partial charge in [0.25, 0.3) is 0 Å². The van der Waals surface area contributed by atoms with Gasteiger partial charge in [-0.15, -0.1) is 12.8 Å². The molecule has 8 aliphatic carbocycles. The molecule has 0 aromatic carbocycles. The molecule has 2 saturated heterocycles. The lowest BCUT2D eigenvalue weighted by Gasteiger charge is -2.58. The maximum Gasteiger partial charge on any atom is 0.508 e. The molecule has 6 saturated carbocycles. The summed E-state index contributed by atoms with van der Waals surface area (Å²) in [5, 5.41) is 21.3. The smallest absolute Gasteiger partial charge is 0.431 e. The number of halogens is 2. The van der Waals surface area contributed by atoms with Crippen LogP contribution in [0.2, 0.25) is 10.6 Å². The fraction of sp³-hybridized carbons (Fsp3) is 0.756. The molecule has 14 rings (SSSR count). The summed E-state index contributed by atoms with van der Waals surface area (Å²) in [6, 6.07) is 0. The summed E-state index contributed by atoms with van der Waals surface area (Å²) in [5.41, 5.74) is 14.3. The summed E-state index contributed by atoms with van der Waals surface area (Å²) in [6.45, 7) is 28.7. The van der Waals surface area contributed by atoms with Gasteiger partial charge in [0.05, 0.1) is 19.3 Å². The number of nitrogens with zero attached hydrogens (tertiary/aromatic N) is 8. The second-order valence-electron chi connectivity index (χ2n) is 35.6. The number of nitrogen functional groups attached to an aromatic ring is 2. The lowest BCUT2D eigenvalue weighted by atomic mass is 9.47. The molecule has 0 radical (unpaired) electrons. The third-order valence-electron chi connectivity index (χ3n) is 30.0. The summed E-state index contributed by atoms with van der Waals surface area (Å²) in [6.07, 6.45) is 37.7. The van der Waals surface area contributed by atoms with E-state index in [0.29, 0.717) is 45.0 Å². The first-order valence-electron chi connectivity index (χ1n) is 39.4. The highest BCUT2D eigenvalue weighted by molar-refractivity contribution is 6.29. The zero-order valence-electron chi connectivity index (χ0n) is 63.6. The highest BCUT2D eigenvalue weighted by Gasteiger charge is 2.62. The maximum absolute atomic E-state index is 13.4. The van der Waals surface area contributed by atoms with Gasteiger partial charge in [0, 0.05) is 25.7 Å². The van der Waals surface area contributed by atoms with Gasteiger partial charge in [-0.05, 0) is 218 Å². The van der Waals surface area contributed by atoms with Crippen molar-refractivity contribution >= 4 is 69.5 Å². The normalized spacial score (nSPS) is 38.2. The highest BCUT2D eigenvalue weighted by Crippen LogP contribution is 2.70. The van der Waals surface area contributed by atoms with Crippen molar-refractivity contribution in [2.45, 2.75) is 272 Å². The molecular formula is C82H116Cl2N10O10. The highest BCUT2D eigenvalue weighted by atomic mass is 35.5. The third kappa shape index (κ3) is 13.8. The average molecular weight is 1470 g/mol. The van der Waals surface area contributed by atoms with Gasteiger partial charge in [0.15, 0.2) is 40.2 Å². The van der Waals surface area contributed by atoms with Gasteiger partial charge in [-0.1, -0.05) is 144 Å². The molecule has 20 nitrogen and oxygen atoms in total. The minimum Gasteiger partial charge on any atom is -0.431 e. The van der Waals surface area contributed by atoms with E-state index in [2.05, 4.69) is 137 Å². The largest absolute Gasteiger partial charge is 0.508 e. The molecule has 24 atom stereocenters. The topological polar surface area (TPSA) is 269 Å². The molecule has 22 heteroatoms. The first-order chi connectivity index (χ1) is 49.4. The summed E-state index contributed by atoms with van der Waals surface area (Å²) < 4.78 is 38.8. The van der Waals surface area contributed by atoms with Gasteiger partial charge in [0.2, 0.25) is 10.6 Å². The fourth-order valence-corrected chi connectivity index (χ4v) is 23.3. The predicted molar refractivity (Wildman–Crippen MR) is 402 cm³/mol. The molecule has 8 fully saturated rings. The Morgan fingerprint density at radius 3 is 1.51 bits per heavy atom. The minimum atomic E-state index is -1.58. The molecule has 10 aliphatic rings. The molecule has 4 aromatic heterocycles. The van der Waals surface area contributed by atoms with Crippen molar-refractivity contribution in [3.63, 3.8) is 0 Å². The second kappa shape index (κ2) is 29.7. The van der Waals surface area contributed by atoms with Gasteiger partial charge >= 0.3 is 12.3 Å². The van der Waals surface area contributed by atoms with Gasteiger partial charge in [0.1, 0.15) is 48.4 Å². The van der Waals surface area contributed by atoms with E-state index < -0.39 is 54.8 Å². The Hall–Kier alpha value is -5.74. The molecule has 0 unspecified atom stereocenters. The Bertz CT molecular complexity index is 3960. The Morgan fingerprint density at radius 1 is 0.606 bits per heavy atom. The van der Waals surface area contributed by atoms with E-state index in [4.69, 9.17) is 75.9 Å². The van der Waals surface area contributed by atoms with Crippen LogP contribution in [-0.4, -0.2) is 110 Å². The standard InChI is InChI=1S/2C41H58ClN5O5/c1-8-41(32(48)20-33(52-41)47-22-44-34-35(43)45-37(42)46-36(34)47)21-50-38(49)51-27-15-17-39(6)26(19-27)11-12-28-30-14-13-29(40(30,7)18-16-31(28)39)25(5)10-9-24(4)23(2)3;1-8-41(21-48)32(20-33(52-41)47-22-44-34-35(43)45-37(42)46-36(34)47)51-38(49)50-27-15-17-39(6)26(19-27)11-12-28-30-14-13-29(40(30,7)18-16-31(28)39)25(5)10-9-24(4)23(2)3/h2*1,11,22-25,27-33,48H,9-10,12-21H2,2-7H3,(H2,43,45,46)/t2*24-,25-,27+,28+,29-,30+,31+,32+,33-,39+,40-,41-/m11/s1. The molecule has 0 amide bonds. The molecule has 6 heterocycles. The maximum atomic E-state index is 13.4. The molecule has 2 aliphatic heterocycles. The van der Waals surface area contributed by atoms with Gasteiger partial charge in [-0.2, -0.15) is 19.9 Å². The predicted octanol–water partition coefficient (Wildman–Crippen LogP) is 17.0. The molecule has 0 bridgehead atoms. The number of ether oxygens (including phenoxy) is 6. The number of hydrogen-bond donors (Lipinski definition) is 4. The van der Waals surface area contributed by atoms with Crippen LogP contribution in [0.5, 0.6) is 0 Å². The number of aliphatic hydroxyl groups is 2. The van der Waals surface area contributed by atoms with Crippen molar-refractivity contribution in [2.75, 3.05) is 24.7 Å². The Morgan fingerprint density at radius 2 is 1.06 bits per heavy atom. The number of nitrogens with two attached hydrogens (primary N) is 2. The lowest BCUT2D eigenvalue weighted by molar-refractivity contribution is -0.103. The molecule has 0 spiro atoms. The Kier molecular flexibility index (Phi) is 21.8. The zero-order chi connectivity index (χ0) is 74.3. The van der Waals surface area contributed by atoms with Crippen LogP contribution >= 0.6 is 23.2 Å². The second-order valence-corrected chi connectivity index (χ2v) is 36.3. The Balaban J connectivity index is 0.000000185.